The molecule has 1 unspecified atom stereocenters. The largest absolute Gasteiger partial charge is 0.346 e. The normalized spacial score (nSPS) is 12.0. The van der Waals surface area contributed by atoms with E-state index in [0.29, 0.717) is 0 Å². The monoisotopic (exact) mass is 328 g/mol. The van der Waals surface area contributed by atoms with Gasteiger partial charge in [-0.05, 0) is 35.8 Å². The number of nitrogens with one attached hydrogen (secondary N) is 1. The Morgan fingerprint density at radius 1 is 1.00 bits per heavy atom. The molecule has 1 N–H and O–H groups in total. The number of nitrogens with zero attached hydrogens (tertiary/aromatic N) is 1. The molecule has 0 radical (unpaired) electrons. The Morgan fingerprint density at radius 3 is 2.52 bits per heavy atom. The highest BCUT2D eigenvalue weighted by molar-refractivity contribution is 5.92. The van der Waals surface area contributed by atoms with Gasteiger partial charge >= 0.3 is 0 Å². The fourth-order valence-electron chi connectivity index (χ4n) is 2.73. The second kappa shape index (κ2) is 8.06. The molecule has 0 aliphatic heterocycles. The Bertz CT molecular complexity index is 857. The molecule has 3 aromatic rings. The molecule has 3 rings (SSSR count). The van der Waals surface area contributed by atoms with E-state index < -0.39 is 0 Å². The molecule has 25 heavy (non-hydrogen) atoms. The number of pyridine rings is 1. The van der Waals surface area contributed by atoms with Crippen LogP contribution in [0.3, 0.4) is 0 Å². The predicted octanol–water partition coefficient (Wildman–Crippen LogP) is 4.64. The minimum absolute atomic E-state index is 0.107. The minimum atomic E-state index is -0.114. The molecule has 1 aromatic heterocycles. The summed E-state index contributed by atoms with van der Waals surface area (Å²) in [6, 6.07) is 21.7. The zero-order valence-corrected chi connectivity index (χ0v) is 14.1. The third-order valence-corrected chi connectivity index (χ3v) is 3.99. The Labute approximate surface area is 148 Å². The van der Waals surface area contributed by atoms with Crippen molar-refractivity contribution in [2.45, 2.75) is 13.0 Å². The van der Waals surface area contributed by atoms with Crippen molar-refractivity contribution in [1.82, 2.24) is 10.3 Å². The van der Waals surface area contributed by atoms with Crippen LogP contribution in [-0.2, 0) is 4.79 Å². The van der Waals surface area contributed by atoms with Gasteiger partial charge in [-0.2, -0.15) is 0 Å². The number of aromatic nitrogens is 1. The first-order chi connectivity index (χ1) is 12.2. The number of carbonyl (C=O) groups is 1. The second-order valence-corrected chi connectivity index (χ2v) is 5.80. The predicted molar refractivity (Wildman–Crippen MR) is 102 cm³/mol. The maximum atomic E-state index is 12.2. The fourth-order valence-corrected chi connectivity index (χ4v) is 2.73. The molecule has 1 heterocycles. The lowest BCUT2D eigenvalue weighted by molar-refractivity contribution is -0.117. The van der Waals surface area contributed by atoms with E-state index in [-0.39, 0.29) is 11.9 Å². The van der Waals surface area contributed by atoms with Crippen molar-refractivity contribution in [2.24, 2.45) is 0 Å². The summed E-state index contributed by atoms with van der Waals surface area (Å²) in [7, 11) is 0. The van der Waals surface area contributed by atoms with Gasteiger partial charge in [-0.1, -0.05) is 60.7 Å². The number of amides is 1. The summed E-state index contributed by atoms with van der Waals surface area (Å²) in [5.41, 5.74) is 4.19. The molecule has 1 atom stereocenters. The Morgan fingerprint density at radius 2 is 1.76 bits per heavy atom. The van der Waals surface area contributed by atoms with E-state index >= 15 is 0 Å². The SMILES string of the molecule is CC(NC(=O)C=Cc1ccccc1)c1ccccc1-c1cccnc1. The number of carbonyl (C=O) groups excluding carboxylic acids is 1. The maximum absolute atomic E-state index is 12.2. The molecule has 3 heteroatoms. The molecule has 0 saturated carbocycles. The number of hydrogen-bond acceptors (Lipinski definition) is 2. The molecule has 3 nitrogen and oxygen atoms in total. The van der Waals surface area contributed by atoms with Crippen molar-refractivity contribution in [3.8, 4) is 11.1 Å². The van der Waals surface area contributed by atoms with Crippen LogP contribution >= 0.6 is 0 Å². The molecule has 0 aliphatic carbocycles. The first-order valence-corrected chi connectivity index (χ1v) is 8.27. The molecular formula is C22H20N2O. The molecular weight excluding hydrogens is 308 g/mol. The lowest BCUT2D eigenvalue weighted by Gasteiger charge is -2.17. The molecule has 0 saturated heterocycles. The molecule has 0 bridgehead atoms. The van der Waals surface area contributed by atoms with Gasteiger partial charge in [-0.15, -0.1) is 0 Å². The average Bonchev–Trinajstić information content (AvgIpc) is 2.68. The minimum Gasteiger partial charge on any atom is -0.346 e. The smallest absolute Gasteiger partial charge is 0.244 e. The number of hydrogen-bond donors (Lipinski definition) is 1. The van der Waals surface area contributed by atoms with Crippen LogP contribution in [0.2, 0.25) is 0 Å². The summed E-state index contributed by atoms with van der Waals surface area (Å²) in [6.45, 7) is 1.99. The van der Waals surface area contributed by atoms with Gasteiger partial charge in [0.2, 0.25) is 5.91 Å². The molecule has 0 spiro atoms. The van der Waals surface area contributed by atoms with E-state index in [9.17, 15) is 4.79 Å². The summed E-state index contributed by atoms with van der Waals surface area (Å²) in [6.07, 6.45) is 6.97. The number of rotatable bonds is 5. The molecule has 0 fully saturated rings. The Balaban J connectivity index is 1.75. The average molecular weight is 328 g/mol. The van der Waals surface area contributed by atoms with Gasteiger partial charge in [-0.25, -0.2) is 0 Å². The fraction of sp³-hybridized carbons (Fsp3) is 0.0909. The highest BCUT2D eigenvalue weighted by Gasteiger charge is 2.13. The van der Waals surface area contributed by atoms with Gasteiger partial charge < -0.3 is 5.32 Å². The third-order valence-electron chi connectivity index (χ3n) is 3.99. The molecule has 1 amide bonds. The van der Waals surface area contributed by atoms with Gasteiger partial charge in [0.1, 0.15) is 0 Å². The van der Waals surface area contributed by atoms with Crippen LogP contribution in [0.1, 0.15) is 24.1 Å². The van der Waals surface area contributed by atoms with Crippen LogP contribution in [0, 0.1) is 0 Å². The highest BCUT2D eigenvalue weighted by atomic mass is 16.1. The highest BCUT2D eigenvalue weighted by Crippen LogP contribution is 2.27. The second-order valence-electron chi connectivity index (χ2n) is 5.80. The van der Waals surface area contributed by atoms with E-state index in [1.54, 1.807) is 12.3 Å². The van der Waals surface area contributed by atoms with Crippen molar-refractivity contribution >= 4 is 12.0 Å². The van der Waals surface area contributed by atoms with Crippen LogP contribution in [0.5, 0.6) is 0 Å². The van der Waals surface area contributed by atoms with Crippen molar-refractivity contribution in [3.63, 3.8) is 0 Å². The first-order valence-electron chi connectivity index (χ1n) is 8.27. The topological polar surface area (TPSA) is 42.0 Å². The van der Waals surface area contributed by atoms with E-state index in [1.807, 2.05) is 79.9 Å². The summed E-state index contributed by atoms with van der Waals surface area (Å²) in [5, 5.41) is 3.03. The van der Waals surface area contributed by atoms with Crippen molar-refractivity contribution in [3.05, 3.63) is 96.3 Å². The summed E-state index contributed by atoms with van der Waals surface area (Å²) >= 11 is 0. The van der Waals surface area contributed by atoms with E-state index in [2.05, 4.69) is 16.4 Å². The van der Waals surface area contributed by atoms with E-state index in [0.717, 1.165) is 22.3 Å². The molecule has 0 aliphatic rings. The maximum Gasteiger partial charge on any atom is 0.244 e. The number of benzene rings is 2. The van der Waals surface area contributed by atoms with Gasteiger partial charge in [0, 0.05) is 24.0 Å². The summed E-state index contributed by atoms with van der Waals surface area (Å²) in [4.78, 5) is 16.4. The Hall–Kier alpha value is -3.20. The standard InChI is InChI=1S/C22H20N2O/c1-17(24-22(25)14-13-18-8-3-2-4-9-18)20-11-5-6-12-21(20)19-10-7-15-23-16-19/h2-17H,1H3,(H,24,25). The van der Waals surface area contributed by atoms with Crippen molar-refractivity contribution in [1.29, 1.82) is 0 Å². The molecule has 2 aromatic carbocycles. The van der Waals surface area contributed by atoms with Crippen LogP contribution < -0.4 is 5.32 Å². The van der Waals surface area contributed by atoms with Gasteiger partial charge in [0.15, 0.2) is 0 Å². The van der Waals surface area contributed by atoms with Crippen molar-refractivity contribution < 1.29 is 4.79 Å². The van der Waals surface area contributed by atoms with Crippen LogP contribution in [-0.4, -0.2) is 10.9 Å². The van der Waals surface area contributed by atoms with Crippen molar-refractivity contribution in [2.75, 3.05) is 0 Å². The summed E-state index contributed by atoms with van der Waals surface area (Å²) < 4.78 is 0. The third kappa shape index (κ3) is 4.42. The zero-order valence-electron chi connectivity index (χ0n) is 14.1. The quantitative estimate of drug-likeness (QED) is 0.693. The van der Waals surface area contributed by atoms with Crippen LogP contribution in [0.25, 0.3) is 17.2 Å². The van der Waals surface area contributed by atoms with Crippen LogP contribution in [0.15, 0.2) is 85.2 Å². The zero-order chi connectivity index (χ0) is 17.5. The van der Waals surface area contributed by atoms with Crippen LogP contribution in [0.4, 0.5) is 0 Å². The lowest BCUT2D eigenvalue weighted by atomic mass is 9.96. The lowest BCUT2D eigenvalue weighted by Crippen LogP contribution is -2.25. The van der Waals surface area contributed by atoms with Gasteiger partial charge in [0.05, 0.1) is 6.04 Å². The first kappa shape index (κ1) is 16.7. The Kier molecular flexibility index (Phi) is 5.37. The van der Waals surface area contributed by atoms with E-state index in [4.69, 9.17) is 0 Å². The van der Waals surface area contributed by atoms with Gasteiger partial charge in [-0.3, -0.25) is 9.78 Å². The van der Waals surface area contributed by atoms with E-state index in [1.165, 1.54) is 0 Å². The van der Waals surface area contributed by atoms with Gasteiger partial charge in [0.25, 0.3) is 0 Å². The summed E-state index contributed by atoms with van der Waals surface area (Å²) in [5.74, 6) is -0.114. The molecule has 124 valence electrons.